The Balaban J connectivity index is 2.45. The highest BCUT2D eigenvalue weighted by molar-refractivity contribution is 6.63. The highest BCUT2D eigenvalue weighted by Crippen LogP contribution is 2.35. The Labute approximate surface area is 164 Å². The third-order valence-corrected chi connectivity index (χ3v) is 4.51. The molecule has 1 aromatic heterocycles. The minimum Gasteiger partial charge on any atom is -0.483 e. The number of rotatable bonds is 5. The molecule has 0 aliphatic carbocycles. The number of alkyl halides is 3. The minimum atomic E-state index is -4.87. The first-order chi connectivity index (χ1) is 12.4. The first-order valence-corrected chi connectivity index (χ1v) is 8.25. The Bertz CT molecular complexity index is 1020. The summed E-state index contributed by atoms with van der Waals surface area (Å²) in [6.45, 7) is 0.0564. The molecule has 0 aliphatic rings. The van der Waals surface area contributed by atoms with Crippen LogP contribution in [0.2, 0.25) is 10.0 Å². The van der Waals surface area contributed by atoms with E-state index in [4.69, 9.17) is 39.5 Å². The number of aromatic amines is 1. The number of nitrogens with one attached hydrogen (secondary N) is 1. The maximum atomic E-state index is 12.9. The molecule has 0 saturated carbocycles. The van der Waals surface area contributed by atoms with Gasteiger partial charge in [0.1, 0.15) is 16.5 Å². The standard InChI is InChI=1S/C15H10Cl3F3N2O4/c1-6-12(15(19,20)21)22-14(26)23(13(6)25)4-7-2-3-8(11(18)10(7)17)27-5-9(16)24/h2-3H,4-5H2,1H3,(H,22,26). The van der Waals surface area contributed by atoms with Crippen molar-refractivity contribution in [2.75, 3.05) is 6.61 Å². The second kappa shape index (κ2) is 7.95. The van der Waals surface area contributed by atoms with Gasteiger partial charge in [-0.05, 0) is 30.2 Å². The summed E-state index contributed by atoms with van der Waals surface area (Å²) >= 11 is 17.2. The average Bonchev–Trinajstić information content (AvgIpc) is 2.56. The highest BCUT2D eigenvalue weighted by Gasteiger charge is 2.35. The molecule has 6 nitrogen and oxygen atoms in total. The van der Waals surface area contributed by atoms with E-state index in [9.17, 15) is 27.6 Å². The smallest absolute Gasteiger partial charge is 0.431 e. The van der Waals surface area contributed by atoms with Gasteiger partial charge >= 0.3 is 11.9 Å². The summed E-state index contributed by atoms with van der Waals surface area (Å²) in [7, 11) is 0. The van der Waals surface area contributed by atoms with Crippen molar-refractivity contribution in [1.82, 2.24) is 9.55 Å². The monoisotopic (exact) mass is 444 g/mol. The predicted molar refractivity (Wildman–Crippen MR) is 93.0 cm³/mol. The third-order valence-electron chi connectivity index (χ3n) is 3.50. The van der Waals surface area contributed by atoms with Crippen molar-refractivity contribution in [2.45, 2.75) is 19.6 Å². The zero-order valence-electron chi connectivity index (χ0n) is 13.4. The summed E-state index contributed by atoms with van der Waals surface area (Å²) in [5.41, 5.74) is -4.26. The van der Waals surface area contributed by atoms with Gasteiger partial charge in [-0.25, -0.2) is 4.79 Å². The summed E-state index contributed by atoms with van der Waals surface area (Å²) in [6.07, 6.45) is -4.87. The van der Waals surface area contributed by atoms with Crippen LogP contribution in [0, 0.1) is 6.92 Å². The van der Waals surface area contributed by atoms with Crippen LogP contribution in [-0.4, -0.2) is 21.4 Å². The third kappa shape index (κ3) is 4.66. The maximum Gasteiger partial charge on any atom is 0.431 e. The molecule has 146 valence electrons. The number of aromatic nitrogens is 2. The Morgan fingerprint density at radius 2 is 1.85 bits per heavy atom. The lowest BCUT2D eigenvalue weighted by Crippen LogP contribution is -2.39. The van der Waals surface area contributed by atoms with Crippen LogP contribution in [-0.2, 0) is 17.5 Å². The van der Waals surface area contributed by atoms with Crippen molar-refractivity contribution >= 4 is 40.0 Å². The lowest BCUT2D eigenvalue weighted by atomic mass is 10.2. The van der Waals surface area contributed by atoms with Crippen molar-refractivity contribution in [1.29, 1.82) is 0 Å². The molecule has 1 N–H and O–H groups in total. The number of hydrogen-bond donors (Lipinski definition) is 1. The Morgan fingerprint density at radius 1 is 1.22 bits per heavy atom. The second-order valence-electron chi connectivity index (χ2n) is 5.31. The number of nitrogens with zero attached hydrogens (tertiary/aromatic N) is 1. The lowest BCUT2D eigenvalue weighted by Gasteiger charge is -2.14. The first-order valence-electron chi connectivity index (χ1n) is 7.12. The number of H-pyrrole nitrogens is 1. The van der Waals surface area contributed by atoms with Gasteiger partial charge in [-0.3, -0.25) is 14.2 Å². The number of halogens is 6. The molecule has 0 atom stereocenters. The van der Waals surface area contributed by atoms with Crippen LogP contribution >= 0.6 is 34.8 Å². The topological polar surface area (TPSA) is 81.2 Å². The zero-order chi connectivity index (χ0) is 20.5. The molecule has 0 bridgehead atoms. The molecule has 0 spiro atoms. The molecular weight excluding hydrogens is 436 g/mol. The lowest BCUT2D eigenvalue weighted by molar-refractivity contribution is -0.142. The molecule has 2 rings (SSSR count). The molecule has 1 aromatic carbocycles. The Kier molecular flexibility index (Phi) is 6.28. The largest absolute Gasteiger partial charge is 0.483 e. The molecule has 0 radical (unpaired) electrons. The van der Waals surface area contributed by atoms with E-state index < -0.39 is 47.1 Å². The molecule has 27 heavy (non-hydrogen) atoms. The number of carbonyl (C=O) groups is 1. The van der Waals surface area contributed by atoms with Crippen LogP contribution < -0.4 is 16.0 Å². The van der Waals surface area contributed by atoms with Gasteiger partial charge in [0, 0.05) is 5.56 Å². The van der Waals surface area contributed by atoms with E-state index in [1.807, 2.05) is 0 Å². The van der Waals surface area contributed by atoms with E-state index >= 15 is 0 Å². The van der Waals surface area contributed by atoms with Crippen LogP contribution in [0.1, 0.15) is 16.8 Å². The van der Waals surface area contributed by atoms with Crippen LogP contribution in [0.25, 0.3) is 0 Å². The van der Waals surface area contributed by atoms with Gasteiger partial charge < -0.3 is 9.72 Å². The molecule has 12 heteroatoms. The van der Waals surface area contributed by atoms with Crippen molar-refractivity contribution in [3.8, 4) is 5.75 Å². The molecule has 0 unspecified atom stereocenters. The summed E-state index contributed by atoms with van der Waals surface area (Å²) in [5.74, 6) is 0.0317. The van der Waals surface area contributed by atoms with Gasteiger partial charge in [0.15, 0.2) is 6.61 Å². The molecular formula is C15H10Cl3F3N2O4. The fourth-order valence-corrected chi connectivity index (χ4v) is 2.72. The van der Waals surface area contributed by atoms with Crippen LogP contribution in [0.15, 0.2) is 21.7 Å². The normalized spacial score (nSPS) is 11.5. The van der Waals surface area contributed by atoms with Crippen molar-refractivity contribution < 1.29 is 22.7 Å². The summed E-state index contributed by atoms with van der Waals surface area (Å²) in [5, 5.41) is -0.982. The number of hydrogen-bond acceptors (Lipinski definition) is 4. The summed E-state index contributed by atoms with van der Waals surface area (Å²) in [4.78, 5) is 36.5. The van der Waals surface area contributed by atoms with E-state index in [-0.39, 0.29) is 21.4 Å². The van der Waals surface area contributed by atoms with Crippen molar-refractivity contribution in [3.05, 3.63) is 59.8 Å². The van der Waals surface area contributed by atoms with Crippen LogP contribution in [0.5, 0.6) is 5.75 Å². The van der Waals surface area contributed by atoms with Crippen molar-refractivity contribution in [3.63, 3.8) is 0 Å². The number of ether oxygens (including phenoxy) is 1. The molecule has 0 aliphatic heterocycles. The zero-order valence-corrected chi connectivity index (χ0v) is 15.7. The molecule has 0 fully saturated rings. The van der Waals surface area contributed by atoms with E-state index in [0.29, 0.717) is 4.57 Å². The van der Waals surface area contributed by atoms with E-state index in [2.05, 4.69) is 0 Å². The predicted octanol–water partition coefficient (Wildman–Crippen LogP) is 3.36. The molecule has 0 saturated heterocycles. The molecule has 1 heterocycles. The number of carbonyl (C=O) groups excluding carboxylic acids is 1. The van der Waals surface area contributed by atoms with Gasteiger partial charge in [-0.15, -0.1) is 0 Å². The van der Waals surface area contributed by atoms with Gasteiger partial charge in [-0.1, -0.05) is 29.3 Å². The second-order valence-corrected chi connectivity index (χ2v) is 6.49. The van der Waals surface area contributed by atoms with Gasteiger partial charge in [0.25, 0.3) is 10.8 Å². The molecule has 0 amide bonds. The van der Waals surface area contributed by atoms with Gasteiger partial charge in [0.05, 0.1) is 11.6 Å². The van der Waals surface area contributed by atoms with E-state index in [1.165, 1.54) is 12.1 Å². The quantitative estimate of drug-likeness (QED) is 0.716. The molecule has 2 aromatic rings. The van der Waals surface area contributed by atoms with Gasteiger partial charge in [0.2, 0.25) is 0 Å². The van der Waals surface area contributed by atoms with Crippen LogP contribution in [0.4, 0.5) is 13.2 Å². The first kappa shape index (κ1) is 21.3. The van der Waals surface area contributed by atoms with Crippen molar-refractivity contribution in [2.24, 2.45) is 0 Å². The fraction of sp³-hybridized carbons (Fsp3) is 0.267. The van der Waals surface area contributed by atoms with E-state index in [0.717, 1.165) is 6.92 Å². The maximum absolute atomic E-state index is 12.9. The number of benzene rings is 1. The Morgan fingerprint density at radius 3 is 2.41 bits per heavy atom. The van der Waals surface area contributed by atoms with Crippen LogP contribution in [0.3, 0.4) is 0 Å². The average molecular weight is 446 g/mol. The Hall–Kier alpha value is -1.97. The fourth-order valence-electron chi connectivity index (χ4n) is 2.21. The summed E-state index contributed by atoms with van der Waals surface area (Å²) < 4.78 is 44.2. The minimum absolute atomic E-state index is 0.0317. The van der Waals surface area contributed by atoms with Gasteiger partial charge in [-0.2, -0.15) is 13.2 Å². The van der Waals surface area contributed by atoms with E-state index in [1.54, 1.807) is 4.98 Å². The SMILES string of the molecule is Cc1c(C(F)(F)F)[nH]c(=O)n(Cc2ccc(OCC(=O)Cl)c(Cl)c2Cl)c1=O. The highest BCUT2D eigenvalue weighted by atomic mass is 35.5. The summed E-state index contributed by atoms with van der Waals surface area (Å²) in [6, 6.07) is 2.67.